The smallest absolute Gasteiger partial charge is 0.325 e. The van der Waals surface area contributed by atoms with Crippen molar-refractivity contribution in [1.82, 2.24) is 20.9 Å². The summed E-state index contributed by atoms with van der Waals surface area (Å²) in [7, 11) is 1.82. The second-order valence-corrected chi connectivity index (χ2v) is 5.92. The van der Waals surface area contributed by atoms with Crippen molar-refractivity contribution in [3.8, 4) is 0 Å². The van der Waals surface area contributed by atoms with Crippen molar-refractivity contribution in [2.24, 2.45) is 0 Å². The molecule has 7 nitrogen and oxygen atoms in total. The van der Waals surface area contributed by atoms with Crippen LogP contribution in [0.25, 0.3) is 0 Å². The van der Waals surface area contributed by atoms with Gasteiger partial charge < -0.3 is 16.0 Å². The summed E-state index contributed by atoms with van der Waals surface area (Å²) in [4.78, 5) is 37.2. The number of imide groups is 1. The Labute approximate surface area is 124 Å². The van der Waals surface area contributed by atoms with Gasteiger partial charge in [0, 0.05) is 25.6 Å². The number of likely N-dealkylation sites (N-methyl/N-ethyl adjacent to an activating group) is 1. The third kappa shape index (κ3) is 3.34. The van der Waals surface area contributed by atoms with E-state index in [0.717, 1.165) is 12.8 Å². The zero-order valence-electron chi connectivity index (χ0n) is 12.7. The van der Waals surface area contributed by atoms with Crippen molar-refractivity contribution in [3.05, 3.63) is 0 Å². The molecule has 0 aromatic heterocycles. The first-order chi connectivity index (χ1) is 9.98. The minimum absolute atomic E-state index is 0.145. The highest BCUT2D eigenvalue weighted by Crippen LogP contribution is 2.34. The Morgan fingerprint density at radius 2 is 2.05 bits per heavy atom. The predicted molar refractivity (Wildman–Crippen MR) is 77.6 cm³/mol. The molecule has 4 amide bonds. The first-order valence-corrected chi connectivity index (χ1v) is 7.56. The molecule has 1 saturated carbocycles. The number of hydrogen-bond acceptors (Lipinski definition) is 4. The maximum atomic E-state index is 12.4. The second-order valence-electron chi connectivity index (χ2n) is 5.92. The zero-order chi connectivity index (χ0) is 15.5. The average Bonchev–Trinajstić information content (AvgIpc) is 3.02. The molecule has 0 aromatic carbocycles. The Hall–Kier alpha value is -1.63. The lowest BCUT2D eigenvalue weighted by molar-refractivity contribution is -0.131. The van der Waals surface area contributed by atoms with Crippen LogP contribution in [0.5, 0.6) is 0 Å². The minimum Gasteiger partial charge on any atom is -0.354 e. The van der Waals surface area contributed by atoms with Gasteiger partial charge in [0.25, 0.3) is 5.91 Å². The fraction of sp³-hybridized carbons (Fsp3) is 0.786. The average molecular weight is 296 g/mol. The van der Waals surface area contributed by atoms with E-state index in [1.54, 1.807) is 0 Å². The van der Waals surface area contributed by atoms with Gasteiger partial charge in [-0.05, 0) is 26.8 Å². The van der Waals surface area contributed by atoms with Crippen molar-refractivity contribution in [3.63, 3.8) is 0 Å². The standard InChI is InChI=1S/C14H24N4O3/c1-10(15-2)9-16-11(19)5-8-18-12(20)14(17-13(18)21)6-3-4-7-14/h10,15H,3-9H2,1-2H3,(H,16,19)(H,17,21). The Morgan fingerprint density at radius 3 is 2.67 bits per heavy atom. The van der Waals surface area contributed by atoms with Crippen LogP contribution in [0.4, 0.5) is 4.79 Å². The van der Waals surface area contributed by atoms with Crippen LogP contribution in [0.3, 0.4) is 0 Å². The maximum absolute atomic E-state index is 12.4. The first kappa shape index (κ1) is 15.8. The molecule has 2 fully saturated rings. The summed E-state index contributed by atoms with van der Waals surface area (Å²) in [6.07, 6.45) is 3.48. The monoisotopic (exact) mass is 296 g/mol. The Balaban J connectivity index is 1.82. The number of carbonyl (C=O) groups is 3. The largest absolute Gasteiger partial charge is 0.354 e. The summed E-state index contributed by atoms with van der Waals surface area (Å²) in [5.41, 5.74) is -0.686. The number of urea groups is 1. The van der Waals surface area contributed by atoms with Gasteiger partial charge in [-0.25, -0.2) is 4.79 Å². The molecule has 1 unspecified atom stereocenters. The third-order valence-electron chi connectivity index (χ3n) is 4.36. The summed E-state index contributed by atoms with van der Waals surface area (Å²) >= 11 is 0. The summed E-state index contributed by atoms with van der Waals surface area (Å²) < 4.78 is 0. The molecule has 1 heterocycles. The SMILES string of the molecule is CNC(C)CNC(=O)CCN1C(=O)NC2(CCCC2)C1=O. The van der Waals surface area contributed by atoms with Crippen molar-refractivity contribution < 1.29 is 14.4 Å². The molecule has 7 heteroatoms. The second kappa shape index (κ2) is 6.43. The fourth-order valence-corrected chi connectivity index (χ4v) is 2.87. The molecular weight excluding hydrogens is 272 g/mol. The summed E-state index contributed by atoms with van der Waals surface area (Å²) in [5.74, 6) is -0.313. The number of rotatable bonds is 6. The van der Waals surface area contributed by atoms with Crippen LogP contribution in [0, 0.1) is 0 Å². The molecule has 2 aliphatic rings. The Morgan fingerprint density at radius 1 is 1.38 bits per heavy atom. The highest BCUT2D eigenvalue weighted by molar-refractivity contribution is 6.07. The Kier molecular flexibility index (Phi) is 4.82. The summed E-state index contributed by atoms with van der Waals surface area (Å²) in [5, 5.41) is 8.61. The molecular formula is C14H24N4O3. The van der Waals surface area contributed by atoms with E-state index >= 15 is 0 Å². The minimum atomic E-state index is -0.686. The lowest BCUT2D eigenvalue weighted by atomic mass is 9.98. The quantitative estimate of drug-likeness (QED) is 0.600. The normalized spacial score (nSPS) is 21.7. The molecule has 1 saturated heterocycles. The zero-order valence-corrected chi connectivity index (χ0v) is 12.7. The van der Waals surface area contributed by atoms with Gasteiger partial charge in [0.1, 0.15) is 5.54 Å². The van der Waals surface area contributed by atoms with E-state index in [0.29, 0.717) is 19.4 Å². The molecule has 1 aliphatic carbocycles. The van der Waals surface area contributed by atoms with Gasteiger partial charge >= 0.3 is 6.03 Å². The van der Waals surface area contributed by atoms with Crippen LogP contribution in [-0.4, -0.2) is 54.5 Å². The van der Waals surface area contributed by atoms with E-state index in [4.69, 9.17) is 0 Å². The maximum Gasteiger partial charge on any atom is 0.325 e. The molecule has 21 heavy (non-hydrogen) atoms. The van der Waals surface area contributed by atoms with Crippen LogP contribution >= 0.6 is 0 Å². The number of carbonyl (C=O) groups excluding carboxylic acids is 3. The topological polar surface area (TPSA) is 90.5 Å². The number of amides is 4. The molecule has 0 radical (unpaired) electrons. The van der Waals surface area contributed by atoms with E-state index in [9.17, 15) is 14.4 Å². The molecule has 3 N–H and O–H groups in total. The number of nitrogens with one attached hydrogen (secondary N) is 3. The fourth-order valence-electron chi connectivity index (χ4n) is 2.87. The molecule has 2 rings (SSSR count). The van der Waals surface area contributed by atoms with Crippen LogP contribution in [-0.2, 0) is 9.59 Å². The van der Waals surface area contributed by atoms with E-state index in [1.165, 1.54) is 4.90 Å². The summed E-state index contributed by atoms with van der Waals surface area (Å²) in [6, 6.07) is -0.175. The van der Waals surface area contributed by atoms with Gasteiger partial charge in [-0.1, -0.05) is 12.8 Å². The molecule has 1 atom stereocenters. The highest BCUT2D eigenvalue weighted by atomic mass is 16.2. The lowest BCUT2D eigenvalue weighted by Crippen LogP contribution is -2.44. The molecule has 1 aliphatic heterocycles. The van der Waals surface area contributed by atoms with Gasteiger partial charge in [-0.3, -0.25) is 14.5 Å². The third-order valence-corrected chi connectivity index (χ3v) is 4.36. The first-order valence-electron chi connectivity index (χ1n) is 7.56. The number of nitrogens with zero attached hydrogens (tertiary/aromatic N) is 1. The van der Waals surface area contributed by atoms with Gasteiger partial charge in [0.2, 0.25) is 5.91 Å². The van der Waals surface area contributed by atoms with E-state index in [-0.39, 0.29) is 36.9 Å². The van der Waals surface area contributed by atoms with Gasteiger partial charge in [-0.15, -0.1) is 0 Å². The van der Waals surface area contributed by atoms with Gasteiger partial charge in [-0.2, -0.15) is 0 Å². The summed E-state index contributed by atoms with van der Waals surface area (Å²) in [6.45, 7) is 2.63. The van der Waals surface area contributed by atoms with E-state index in [2.05, 4.69) is 16.0 Å². The van der Waals surface area contributed by atoms with Crippen molar-refractivity contribution >= 4 is 17.8 Å². The molecule has 0 bridgehead atoms. The molecule has 1 spiro atoms. The predicted octanol–water partition coefficient (Wildman–Crippen LogP) is -0.0348. The lowest BCUT2D eigenvalue weighted by Gasteiger charge is -2.20. The highest BCUT2D eigenvalue weighted by Gasteiger charge is 2.52. The van der Waals surface area contributed by atoms with Crippen LogP contribution in [0.2, 0.25) is 0 Å². The van der Waals surface area contributed by atoms with E-state index < -0.39 is 5.54 Å². The van der Waals surface area contributed by atoms with Gasteiger partial charge in [0.05, 0.1) is 0 Å². The van der Waals surface area contributed by atoms with Crippen molar-refractivity contribution in [2.45, 2.75) is 50.6 Å². The van der Waals surface area contributed by atoms with E-state index in [1.807, 2.05) is 14.0 Å². The van der Waals surface area contributed by atoms with Crippen LogP contribution in [0.15, 0.2) is 0 Å². The van der Waals surface area contributed by atoms with Crippen LogP contribution < -0.4 is 16.0 Å². The van der Waals surface area contributed by atoms with Crippen molar-refractivity contribution in [2.75, 3.05) is 20.1 Å². The van der Waals surface area contributed by atoms with Crippen molar-refractivity contribution in [1.29, 1.82) is 0 Å². The molecule has 118 valence electrons. The van der Waals surface area contributed by atoms with Crippen LogP contribution in [0.1, 0.15) is 39.0 Å². The molecule has 0 aromatic rings. The van der Waals surface area contributed by atoms with Gasteiger partial charge in [0.15, 0.2) is 0 Å². The number of hydrogen-bond donors (Lipinski definition) is 3. The Bertz CT molecular complexity index is 432.